The number of fused-ring (bicyclic) bond motifs is 2. The number of hydrogen-bond donors (Lipinski definition) is 0. The lowest BCUT2D eigenvalue weighted by molar-refractivity contribution is -0.136. The van der Waals surface area contributed by atoms with Crippen molar-refractivity contribution in [2.75, 3.05) is 13.1 Å². The van der Waals surface area contributed by atoms with Crippen molar-refractivity contribution in [2.45, 2.75) is 19.4 Å². The summed E-state index contributed by atoms with van der Waals surface area (Å²) in [4.78, 5) is 16.3. The number of thiocarbonyl (C=S) groups is 1. The summed E-state index contributed by atoms with van der Waals surface area (Å²) in [5, 5.41) is 0.708. The van der Waals surface area contributed by atoms with Gasteiger partial charge >= 0.3 is 0 Å². The summed E-state index contributed by atoms with van der Waals surface area (Å²) in [6, 6.07) is 10.0. The molecule has 2 bridgehead atoms. The van der Waals surface area contributed by atoms with Crippen LogP contribution in [0, 0.1) is 5.92 Å². The SMILES string of the molecule is O=C1[C@H]2CCCN(C2)C(=S)N1Cc1ccccc1. The lowest BCUT2D eigenvalue weighted by Gasteiger charge is -2.44. The average Bonchev–Trinajstić information content (AvgIpc) is 2.43. The monoisotopic (exact) mass is 260 g/mol. The molecule has 0 spiro atoms. The summed E-state index contributed by atoms with van der Waals surface area (Å²) in [7, 11) is 0. The third kappa shape index (κ3) is 2.01. The predicted octanol–water partition coefficient (Wildman–Crippen LogP) is 2.03. The number of nitrogens with zero attached hydrogens (tertiary/aromatic N) is 2. The fourth-order valence-electron chi connectivity index (χ4n) is 2.75. The maximum Gasteiger partial charge on any atom is 0.233 e. The third-order valence-corrected chi connectivity index (χ3v) is 4.20. The summed E-state index contributed by atoms with van der Waals surface area (Å²) in [5.41, 5.74) is 1.13. The normalized spacial score (nSPS) is 23.4. The van der Waals surface area contributed by atoms with Gasteiger partial charge in [0.25, 0.3) is 0 Å². The van der Waals surface area contributed by atoms with Gasteiger partial charge in [0, 0.05) is 13.1 Å². The van der Waals surface area contributed by atoms with Crippen LogP contribution in [0.2, 0.25) is 0 Å². The van der Waals surface area contributed by atoms with Gasteiger partial charge in [0.05, 0.1) is 12.5 Å². The molecule has 2 fully saturated rings. The number of amides is 1. The summed E-state index contributed by atoms with van der Waals surface area (Å²) >= 11 is 5.44. The minimum Gasteiger partial charge on any atom is -0.348 e. The van der Waals surface area contributed by atoms with Crippen molar-refractivity contribution in [3.8, 4) is 0 Å². The molecule has 1 aromatic rings. The van der Waals surface area contributed by atoms with E-state index >= 15 is 0 Å². The molecule has 3 rings (SSSR count). The topological polar surface area (TPSA) is 23.6 Å². The van der Waals surface area contributed by atoms with Gasteiger partial charge in [-0.05, 0) is 30.6 Å². The molecule has 2 saturated heterocycles. The molecular weight excluding hydrogens is 244 g/mol. The van der Waals surface area contributed by atoms with Crippen molar-refractivity contribution in [3.05, 3.63) is 35.9 Å². The predicted molar refractivity (Wildman–Crippen MR) is 73.9 cm³/mol. The Bertz CT molecular complexity index is 452. The van der Waals surface area contributed by atoms with Gasteiger partial charge in [-0.3, -0.25) is 9.69 Å². The Morgan fingerprint density at radius 3 is 2.83 bits per heavy atom. The van der Waals surface area contributed by atoms with E-state index in [0.717, 1.165) is 31.5 Å². The molecule has 0 N–H and O–H groups in total. The fourth-order valence-corrected chi connectivity index (χ4v) is 3.07. The second kappa shape index (κ2) is 4.69. The van der Waals surface area contributed by atoms with E-state index in [4.69, 9.17) is 12.2 Å². The molecule has 2 aliphatic rings. The van der Waals surface area contributed by atoms with Crippen molar-refractivity contribution in [2.24, 2.45) is 5.92 Å². The summed E-state index contributed by atoms with van der Waals surface area (Å²) < 4.78 is 0. The van der Waals surface area contributed by atoms with Gasteiger partial charge < -0.3 is 4.90 Å². The summed E-state index contributed by atoms with van der Waals surface area (Å²) in [5.74, 6) is 0.356. The van der Waals surface area contributed by atoms with E-state index in [9.17, 15) is 4.79 Å². The molecule has 1 atom stereocenters. The van der Waals surface area contributed by atoms with Crippen LogP contribution in [-0.2, 0) is 11.3 Å². The van der Waals surface area contributed by atoms with E-state index < -0.39 is 0 Å². The van der Waals surface area contributed by atoms with Crippen molar-refractivity contribution in [1.29, 1.82) is 0 Å². The van der Waals surface area contributed by atoms with Gasteiger partial charge in [-0.1, -0.05) is 30.3 Å². The Labute approximate surface area is 112 Å². The smallest absolute Gasteiger partial charge is 0.233 e. The summed E-state index contributed by atoms with van der Waals surface area (Å²) in [6.07, 6.45) is 2.08. The standard InChI is InChI=1S/C14H16N2OS/c17-13-12-7-4-8-15(10-12)14(18)16(13)9-11-5-2-1-3-6-11/h1-3,5-6,12H,4,7-10H2/t12-/m0/s1. The van der Waals surface area contributed by atoms with Gasteiger partial charge in [0.15, 0.2) is 5.11 Å². The van der Waals surface area contributed by atoms with Gasteiger partial charge in [-0.2, -0.15) is 0 Å². The molecule has 0 saturated carbocycles. The van der Waals surface area contributed by atoms with Crippen LogP contribution in [0.25, 0.3) is 0 Å². The molecule has 2 aliphatic heterocycles. The number of carbonyl (C=O) groups is 1. The number of piperidine rings is 1. The molecule has 4 heteroatoms. The van der Waals surface area contributed by atoms with Crippen LogP contribution in [-0.4, -0.2) is 33.9 Å². The van der Waals surface area contributed by atoms with Gasteiger partial charge in [0.2, 0.25) is 5.91 Å². The molecular formula is C14H16N2OS. The Hall–Kier alpha value is -1.42. The lowest BCUT2D eigenvalue weighted by Crippen LogP contribution is -2.58. The fraction of sp³-hybridized carbons (Fsp3) is 0.429. The van der Waals surface area contributed by atoms with Crippen LogP contribution >= 0.6 is 12.2 Å². The highest BCUT2D eigenvalue weighted by atomic mass is 32.1. The van der Waals surface area contributed by atoms with Crippen molar-refractivity contribution >= 4 is 23.2 Å². The highest BCUT2D eigenvalue weighted by Crippen LogP contribution is 2.26. The molecule has 0 aromatic heterocycles. The second-order valence-electron chi connectivity index (χ2n) is 4.98. The lowest BCUT2D eigenvalue weighted by atomic mass is 9.94. The van der Waals surface area contributed by atoms with E-state index in [-0.39, 0.29) is 11.8 Å². The van der Waals surface area contributed by atoms with E-state index in [0.29, 0.717) is 11.7 Å². The Kier molecular flexibility index (Phi) is 3.04. The zero-order valence-corrected chi connectivity index (χ0v) is 11.0. The Morgan fingerprint density at radius 2 is 2.06 bits per heavy atom. The van der Waals surface area contributed by atoms with E-state index in [1.807, 2.05) is 30.3 Å². The minimum absolute atomic E-state index is 0.147. The molecule has 1 aromatic carbocycles. The zero-order chi connectivity index (χ0) is 12.5. The van der Waals surface area contributed by atoms with Gasteiger partial charge in [-0.15, -0.1) is 0 Å². The largest absolute Gasteiger partial charge is 0.348 e. The first-order valence-corrected chi connectivity index (χ1v) is 6.81. The maximum absolute atomic E-state index is 12.4. The van der Waals surface area contributed by atoms with Crippen LogP contribution in [0.3, 0.4) is 0 Å². The first-order chi connectivity index (χ1) is 8.75. The van der Waals surface area contributed by atoms with E-state index in [1.54, 1.807) is 4.90 Å². The van der Waals surface area contributed by atoms with Crippen LogP contribution in [0.5, 0.6) is 0 Å². The highest BCUT2D eigenvalue weighted by Gasteiger charge is 2.38. The molecule has 2 heterocycles. The number of rotatable bonds is 2. The molecule has 0 aliphatic carbocycles. The molecule has 1 amide bonds. The first kappa shape index (κ1) is 11.7. The molecule has 18 heavy (non-hydrogen) atoms. The third-order valence-electron chi connectivity index (χ3n) is 3.72. The van der Waals surface area contributed by atoms with Crippen LogP contribution in [0.1, 0.15) is 18.4 Å². The highest BCUT2D eigenvalue weighted by molar-refractivity contribution is 7.80. The summed E-state index contributed by atoms with van der Waals surface area (Å²) in [6.45, 7) is 2.42. The second-order valence-corrected chi connectivity index (χ2v) is 5.34. The van der Waals surface area contributed by atoms with E-state index in [2.05, 4.69) is 4.90 Å². The Balaban J connectivity index is 1.82. The maximum atomic E-state index is 12.4. The van der Waals surface area contributed by atoms with Gasteiger partial charge in [0.1, 0.15) is 0 Å². The number of hydrogen-bond acceptors (Lipinski definition) is 2. The number of benzene rings is 1. The van der Waals surface area contributed by atoms with Crippen molar-refractivity contribution < 1.29 is 4.79 Å². The zero-order valence-electron chi connectivity index (χ0n) is 10.2. The molecule has 0 radical (unpaired) electrons. The first-order valence-electron chi connectivity index (χ1n) is 6.40. The average molecular weight is 260 g/mol. The molecule has 3 nitrogen and oxygen atoms in total. The molecule has 94 valence electrons. The Morgan fingerprint density at radius 1 is 1.28 bits per heavy atom. The van der Waals surface area contributed by atoms with Crippen LogP contribution in [0.4, 0.5) is 0 Å². The van der Waals surface area contributed by atoms with E-state index in [1.165, 1.54) is 0 Å². The quantitative estimate of drug-likeness (QED) is 0.760. The number of carbonyl (C=O) groups excluding carboxylic acids is 1. The van der Waals surface area contributed by atoms with Crippen LogP contribution < -0.4 is 0 Å². The van der Waals surface area contributed by atoms with Crippen molar-refractivity contribution in [1.82, 2.24) is 9.80 Å². The van der Waals surface area contributed by atoms with Gasteiger partial charge in [-0.25, -0.2) is 0 Å². The van der Waals surface area contributed by atoms with Crippen molar-refractivity contribution in [3.63, 3.8) is 0 Å². The molecule has 0 unspecified atom stereocenters. The minimum atomic E-state index is 0.147. The van der Waals surface area contributed by atoms with Crippen LogP contribution in [0.15, 0.2) is 30.3 Å².